The molecule has 0 spiro atoms. The molecular formula is C9H11IO3. The van der Waals surface area contributed by atoms with Gasteiger partial charge in [0.05, 0.1) is 0 Å². The number of benzene rings is 1. The van der Waals surface area contributed by atoms with Gasteiger partial charge >= 0.3 is 0 Å². The minimum absolute atomic E-state index is 0.611. The molecule has 0 saturated carbocycles. The number of aliphatic hydroxyl groups excluding tert-OH is 1. The van der Waals surface area contributed by atoms with Crippen molar-refractivity contribution in [2.45, 2.75) is 19.3 Å². The summed E-state index contributed by atoms with van der Waals surface area (Å²) >= 11 is 2.19. The van der Waals surface area contributed by atoms with Crippen molar-refractivity contribution in [2.24, 2.45) is 0 Å². The van der Waals surface area contributed by atoms with E-state index in [9.17, 15) is 0 Å². The van der Waals surface area contributed by atoms with Crippen LogP contribution in [-0.2, 0) is 0 Å². The van der Waals surface area contributed by atoms with Gasteiger partial charge in [-0.3, -0.25) is 0 Å². The van der Waals surface area contributed by atoms with E-state index >= 15 is 0 Å². The Morgan fingerprint density at radius 1 is 1.23 bits per heavy atom. The first-order valence-electron chi connectivity index (χ1n) is 3.88. The lowest BCUT2D eigenvalue weighted by Gasteiger charge is -2.15. The average molecular weight is 294 g/mol. The molecule has 0 amide bonds. The first-order valence-corrected chi connectivity index (χ1v) is 4.96. The van der Waals surface area contributed by atoms with Crippen LogP contribution in [0.2, 0.25) is 0 Å². The minimum atomic E-state index is -1.45. The fourth-order valence-electron chi connectivity index (χ4n) is 0.789. The predicted octanol–water partition coefficient (Wildman–Crippen LogP) is 1.37. The standard InChI is InChI=1S/C9H11IO3/c1-6(9(11)12)13-8-4-2-7(10)3-5-8/h2-6,9,11-12H,1H3/t6-/m0/s1. The van der Waals surface area contributed by atoms with E-state index in [0.29, 0.717) is 5.75 Å². The van der Waals surface area contributed by atoms with Gasteiger partial charge in [-0.2, -0.15) is 0 Å². The third-order valence-corrected chi connectivity index (χ3v) is 2.27. The lowest BCUT2D eigenvalue weighted by atomic mass is 10.3. The minimum Gasteiger partial charge on any atom is -0.485 e. The maximum absolute atomic E-state index is 8.77. The van der Waals surface area contributed by atoms with Crippen molar-refractivity contribution in [3.63, 3.8) is 0 Å². The number of hydrogen-bond acceptors (Lipinski definition) is 3. The fourth-order valence-corrected chi connectivity index (χ4v) is 1.15. The third-order valence-electron chi connectivity index (χ3n) is 1.56. The Morgan fingerprint density at radius 3 is 2.23 bits per heavy atom. The molecule has 0 fully saturated rings. The number of halogens is 1. The zero-order valence-corrected chi connectivity index (χ0v) is 9.30. The van der Waals surface area contributed by atoms with Gasteiger partial charge in [-0.1, -0.05) is 0 Å². The Labute approximate surface area is 90.5 Å². The highest BCUT2D eigenvalue weighted by molar-refractivity contribution is 14.1. The van der Waals surface area contributed by atoms with E-state index in [1.807, 2.05) is 12.1 Å². The van der Waals surface area contributed by atoms with Crippen molar-refractivity contribution < 1.29 is 14.9 Å². The van der Waals surface area contributed by atoms with Gasteiger partial charge in [-0.15, -0.1) is 0 Å². The summed E-state index contributed by atoms with van der Waals surface area (Å²) in [5.74, 6) is 0.640. The second kappa shape index (κ2) is 4.78. The molecule has 0 heterocycles. The lowest BCUT2D eigenvalue weighted by molar-refractivity contribution is -0.105. The Morgan fingerprint density at radius 2 is 1.77 bits per heavy atom. The molecule has 0 unspecified atom stereocenters. The van der Waals surface area contributed by atoms with E-state index in [1.54, 1.807) is 19.1 Å². The van der Waals surface area contributed by atoms with E-state index < -0.39 is 12.4 Å². The first-order chi connectivity index (χ1) is 6.09. The van der Waals surface area contributed by atoms with Crippen molar-refractivity contribution in [3.8, 4) is 5.75 Å². The smallest absolute Gasteiger partial charge is 0.189 e. The molecule has 0 bridgehead atoms. The highest BCUT2D eigenvalue weighted by atomic mass is 127. The Balaban J connectivity index is 2.59. The summed E-state index contributed by atoms with van der Waals surface area (Å²) in [5.41, 5.74) is 0. The summed E-state index contributed by atoms with van der Waals surface area (Å²) < 4.78 is 6.34. The fraction of sp³-hybridized carbons (Fsp3) is 0.333. The molecule has 1 aromatic carbocycles. The van der Waals surface area contributed by atoms with Crippen molar-refractivity contribution in [3.05, 3.63) is 27.8 Å². The number of rotatable bonds is 3. The van der Waals surface area contributed by atoms with E-state index in [4.69, 9.17) is 14.9 Å². The second-order valence-corrected chi connectivity index (χ2v) is 3.94. The number of ether oxygens (including phenoxy) is 1. The summed E-state index contributed by atoms with van der Waals surface area (Å²) in [6.07, 6.45) is -2.06. The molecule has 1 aromatic rings. The van der Waals surface area contributed by atoms with Crippen LogP contribution in [-0.4, -0.2) is 22.6 Å². The van der Waals surface area contributed by atoms with E-state index in [-0.39, 0.29) is 0 Å². The van der Waals surface area contributed by atoms with Crippen molar-refractivity contribution in [1.82, 2.24) is 0 Å². The van der Waals surface area contributed by atoms with Gasteiger partial charge in [0.1, 0.15) is 11.9 Å². The van der Waals surface area contributed by atoms with Gasteiger partial charge in [0.25, 0.3) is 0 Å². The van der Waals surface area contributed by atoms with Crippen molar-refractivity contribution >= 4 is 22.6 Å². The molecular weight excluding hydrogens is 283 g/mol. The molecule has 0 aliphatic carbocycles. The van der Waals surface area contributed by atoms with Crippen LogP contribution in [0, 0.1) is 3.57 Å². The molecule has 13 heavy (non-hydrogen) atoms. The largest absolute Gasteiger partial charge is 0.485 e. The quantitative estimate of drug-likeness (QED) is 0.654. The van der Waals surface area contributed by atoms with Gasteiger partial charge in [-0.25, -0.2) is 0 Å². The van der Waals surface area contributed by atoms with Crippen LogP contribution in [0.15, 0.2) is 24.3 Å². The maximum atomic E-state index is 8.77. The average Bonchev–Trinajstić information content (AvgIpc) is 2.08. The molecule has 4 heteroatoms. The third kappa shape index (κ3) is 3.50. The summed E-state index contributed by atoms with van der Waals surface area (Å²) in [7, 11) is 0. The predicted molar refractivity (Wildman–Crippen MR) is 57.5 cm³/mol. The maximum Gasteiger partial charge on any atom is 0.189 e. The monoisotopic (exact) mass is 294 g/mol. The summed E-state index contributed by atoms with van der Waals surface area (Å²) in [5, 5.41) is 17.5. The summed E-state index contributed by atoms with van der Waals surface area (Å²) in [4.78, 5) is 0. The van der Waals surface area contributed by atoms with Crippen molar-refractivity contribution in [2.75, 3.05) is 0 Å². The summed E-state index contributed by atoms with van der Waals surface area (Å²) in [6.45, 7) is 1.60. The van der Waals surface area contributed by atoms with Crippen LogP contribution in [0.3, 0.4) is 0 Å². The van der Waals surface area contributed by atoms with Gasteiger partial charge in [0.15, 0.2) is 6.29 Å². The first kappa shape index (κ1) is 10.7. The molecule has 72 valence electrons. The molecule has 0 aliphatic rings. The van der Waals surface area contributed by atoms with Crippen LogP contribution >= 0.6 is 22.6 Å². The highest BCUT2D eigenvalue weighted by Crippen LogP contribution is 2.15. The van der Waals surface area contributed by atoms with E-state index in [0.717, 1.165) is 3.57 Å². The highest BCUT2D eigenvalue weighted by Gasteiger charge is 2.11. The van der Waals surface area contributed by atoms with Crippen LogP contribution in [0.1, 0.15) is 6.92 Å². The number of aliphatic hydroxyl groups is 2. The lowest BCUT2D eigenvalue weighted by Crippen LogP contribution is -2.27. The van der Waals surface area contributed by atoms with Gasteiger partial charge < -0.3 is 14.9 Å². The van der Waals surface area contributed by atoms with Gasteiger partial charge in [0.2, 0.25) is 0 Å². The molecule has 3 nitrogen and oxygen atoms in total. The van der Waals surface area contributed by atoms with Gasteiger partial charge in [-0.05, 0) is 53.8 Å². The Kier molecular flexibility index (Phi) is 3.95. The van der Waals surface area contributed by atoms with Crippen LogP contribution < -0.4 is 4.74 Å². The zero-order valence-electron chi connectivity index (χ0n) is 7.14. The van der Waals surface area contributed by atoms with Crippen LogP contribution in [0.4, 0.5) is 0 Å². The molecule has 0 saturated heterocycles. The summed E-state index contributed by atoms with van der Waals surface area (Å²) in [6, 6.07) is 7.38. The molecule has 0 aromatic heterocycles. The SMILES string of the molecule is C[C@H](Oc1ccc(I)cc1)C(O)O. The van der Waals surface area contributed by atoms with Crippen LogP contribution in [0.5, 0.6) is 5.75 Å². The number of hydrogen-bond donors (Lipinski definition) is 2. The van der Waals surface area contributed by atoms with Crippen molar-refractivity contribution in [1.29, 1.82) is 0 Å². The van der Waals surface area contributed by atoms with E-state index in [1.165, 1.54) is 0 Å². The Hall–Kier alpha value is -0.330. The molecule has 1 atom stereocenters. The molecule has 0 radical (unpaired) electrons. The zero-order chi connectivity index (χ0) is 9.84. The molecule has 2 N–H and O–H groups in total. The van der Waals surface area contributed by atoms with Gasteiger partial charge in [0, 0.05) is 3.57 Å². The Bertz CT molecular complexity index is 258. The normalized spacial score (nSPS) is 13.0. The molecule has 1 rings (SSSR count). The van der Waals surface area contributed by atoms with E-state index in [2.05, 4.69) is 22.6 Å². The second-order valence-electron chi connectivity index (χ2n) is 2.69. The molecule has 0 aliphatic heterocycles. The van der Waals surface area contributed by atoms with Crippen LogP contribution in [0.25, 0.3) is 0 Å². The topological polar surface area (TPSA) is 49.7 Å².